The number of aliphatic hydroxyl groups is 1. The summed E-state index contributed by atoms with van der Waals surface area (Å²) in [5, 5.41) is 20.8. The van der Waals surface area contributed by atoms with Gasteiger partial charge in [-0.05, 0) is 34.7 Å². The van der Waals surface area contributed by atoms with Crippen LogP contribution in [0.5, 0.6) is 0 Å². The number of hydrogen-bond acceptors (Lipinski definition) is 8. The fourth-order valence-electron chi connectivity index (χ4n) is 2.67. The van der Waals surface area contributed by atoms with E-state index in [4.69, 9.17) is 9.47 Å². The van der Waals surface area contributed by atoms with Gasteiger partial charge >= 0.3 is 11.7 Å². The molecule has 1 aliphatic heterocycles. The molecular weight excluding hydrogens is 489 g/mol. The summed E-state index contributed by atoms with van der Waals surface area (Å²) in [5.41, 5.74) is -1.24. The monoisotopic (exact) mass is 503 g/mol. The molecule has 0 saturated carbocycles. The Kier molecular flexibility index (Phi) is 5.90. The average molecular weight is 503 g/mol. The smallest absolute Gasteiger partial charge is 0.338 e. The summed E-state index contributed by atoms with van der Waals surface area (Å²) >= 11 is 1.77. The molecule has 3 atom stereocenters. The first-order valence-corrected chi connectivity index (χ1v) is 9.10. The number of ether oxygens (including phenoxy) is 2. The number of hydrogen-bond donors (Lipinski definition) is 2. The molecule has 3 unspecified atom stereocenters. The van der Waals surface area contributed by atoms with Crippen molar-refractivity contribution >= 4 is 34.2 Å². The van der Waals surface area contributed by atoms with Crippen molar-refractivity contribution in [3.8, 4) is 0 Å². The zero-order valence-electron chi connectivity index (χ0n) is 14.1. The third kappa shape index (κ3) is 4.28. The van der Waals surface area contributed by atoms with E-state index in [1.807, 2.05) is 0 Å². The van der Waals surface area contributed by atoms with Crippen LogP contribution in [0.2, 0.25) is 0 Å². The van der Waals surface area contributed by atoms with Crippen LogP contribution in [0.3, 0.4) is 0 Å². The van der Waals surface area contributed by atoms with Crippen molar-refractivity contribution in [2.24, 2.45) is 0 Å². The number of halogens is 1. The number of carbonyl (C=O) groups is 1. The van der Waals surface area contributed by atoms with E-state index < -0.39 is 40.6 Å². The van der Waals surface area contributed by atoms with Crippen LogP contribution in [0.25, 0.3) is 0 Å². The maximum absolute atomic E-state index is 12.1. The van der Waals surface area contributed by atoms with Gasteiger partial charge in [0.1, 0.15) is 18.9 Å². The van der Waals surface area contributed by atoms with Gasteiger partial charge in [-0.15, -0.1) is 0 Å². The van der Waals surface area contributed by atoms with Crippen LogP contribution in [0.15, 0.2) is 40.1 Å². The van der Waals surface area contributed by atoms with Crippen molar-refractivity contribution < 1.29 is 24.3 Å². The standard InChI is InChI=1S/C16H14IN3O8/c17-10-6-19(16(24)18-14(10)22)13-5-11(21)12(28-13)7-27-15(23)8-1-3-9(4-2-8)20(25)26/h1-4,6,11-13,21H,5,7H2,(H,18,22,24). The summed E-state index contributed by atoms with van der Waals surface area (Å²) in [6.45, 7) is -0.275. The molecule has 2 heterocycles. The quantitative estimate of drug-likeness (QED) is 0.260. The Balaban J connectivity index is 1.63. The second-order valence-electron chi connectivity index (χ2n) is 5.98. The second-order valence-corrected chi connectivity index (χ2v) is 7.14. The first-order chi connectivity index (χ1) is 13.3. The SMILES string of the molecule is O=C(OCC1OC(n2cc(I)c(=O)[nH]c2=O)CC1O)c1ccc([N+](=O)[O-])cc1. The zero-order chi connectivity index (χ0) is 20.4. The number of nitrogens with one attached hydrogen (secondary N) is 1. The van der Waals surface area contributed by atoms with E-state index in [-0.39, 0.29) is 27.8 Å². The molecule has 11 nitrogen and oxygen atoms in total. The summed E-state index contributed by atoms with van der Waals surface area (Å²) in [5.74, 6) is -0.732. The fraction of sp³-hybridized carbons (Fsp3) is 0.312. The molecule has 0 bridgehead atoms. The van der Waals surface area contributed by atoms with Gasteiger partial charge in [-0.2, -0.15) is 0 Å². The number of nitro benzene ring substituents is 1. The second kappa shape index (κ2) is 8.20. The molecule has 1 aromatic carbocycles. The molecule has 148 valence electrons. The average Bonchev–Trinajstić information content (AvgIpc) is 3.03. The molecular formula is C16H14IN3O8. The van der Waals surface area contributed by atoms with E-state index in [1.54, 1.807) is 22.6 Å². The van der Waals surface area contributed by atoms with Crippen LogP contribution in [0.4, 0.5) is 5.69 Å². The molecule has 1 aromatic heterocycles. The van der Waals surface area contributed by atoms with Crippen LogP contribution < -0.4 is 11.2 Å². The van der Waals surface area contributed by atoms with Gasteiger partial charge in [-0.1, -0.05) is 0 Å². The van der Waals surface area contributed by atoms with Gasteiger partial charge in [0.25, 0.3) is 11.2 Å². The lowest BCUT2D eigenvalue weighted by molar-refractivity contribution is -0.384. The third-order valence-electron chi connectivity index (χ3n) is 4.13. The first-order valence-electron chi connectivity index (χ1n) is 8.02. The summed E-state index contributed by atoms with van der Waals surface area (Å²) in [6, 6.07) is 4.88. The minimum Gasteiger partial charge on any atom is -0.459 e. The Bertz CT molecular complexity index is 1020. The molecule has 28 heavy (non-hydrogen) atoms. The van der Waals surface area contributed by atoms with Crippen LogP contribution in [0, 0.1) is 13.7 Å². The normalized spacial score (nSPS) is 21.4. The number of carbonyl (C=O) groups excluding carboxylic acids is 1. The topological polar surface area (TPSA) is 154 Å². The highest BCUT2D eigenvalue weighted by molar-refractivity contribution is 14.1. The molecule has 0 amide bonds. The third-order valence-corrected chi connectivity index (χ3v) is 4.90. The van der Waals surface area contributed by atoms with Crippen LogP contribution in [-0.4, -0.2) is 44.4 Å². The van der Waals surface area contributed by atoms with E-state index in [0.717, 1.165) is 4.57 Å². The molecule has 2 aromatic rings. The van der Waals surface area contributed by atoms with Gasteiger partial charge in [-0.3, -0.25) is 24.5 Å². The van der Waals surface area contributed by atoms with Crippen molar-refractivity contribution in [1.82, 2.24) is 9.55 Å². The Labute approximate surface area is 170 Å². The van der Waals surface area contributed by atoms with Crippen molar-refractivity contribution in [2.75, 3.05) is 6.61 Å². The van der Waals surface area contributed by atoms with E-state index in [2.05, 4.69) is 4.98 Å². The van der Waals surface area contributed by atoms with E-state index in [9.17, 15) is 29.6 Å². The molecule has 1 aliphatic rings. The van der Waals surface area contributed by atoms with Gasteiger partial charge in [0.05, 0.1) is 20.2 Å². The molecule has 3 rings (SSSR count). The van der Waals surface area contributed by atoms with Gasteiger partial charge in [0, 0.05) is 24.8 Å². The molecule has 0 radical (unpaired) electrons. The number of aliphatic hydroxyl groups excluding tert-OH is 1. The number of nitro groups is 1. The van der Waals surface area contributed by atoms with Crippen LogP contribution in [0.1, 0.15) is 23.0 Å². The Morgan fingerprint density at radius 2 is 2.07 bits per heavy atom. The predicted molar refractivity (Wildman–Crippen MR) is 102 cm³/mol. The molecule has 2 N–H and O–H groups in total. The van der Waals surface area contributed by atoms with E-state index in [0.29, 0.717) is 0 Å². The van der Waals surface area contributed by atoms with Crippen molar-refractivity contribution in [1.29, 1.82) is 0 Å². The Morgan fingerprint density at radius 3 is 2.71 bits per heavy atom. The number of rotatable bonds is 5. The fourth-order valence-corrected chi connectivity index (χ4v) is 3.11. The minimum atomic E-state index is -0.994. The van der Waals surface area contributed by atoms with Crippen molar-refractivity contribution in [3.63, 3.8) is 0 Å². The number of esters is 1. The number of benzene rings is 1. The lowest BCUT2D eigenvalue weighted by Gasteiger charge is -2.16. The maximum atomic E-state index is 12.1. The molecule has 0 aliphatic carbocycles. The van der Waals surface area contributed by atoms with Gasteiger partial charge in [-0.25, -0.2) is 9.59 Å². The summed E-state index contributed by atoms with van der Waals surface area (Å²) in [7, 11) is 0. The lowest BCUT2D eigenvalue weighted by Crippen LogP contribution is -2.33. The Hall–Kier alpha value is -2.58. The van der Waals surface area contributed by atoms with Gasteiger partial charge in [0.2, 0.25) is 0 Å². The number of non-ortho nitro benzene ring substituents is 1. The van der Waals surface area contributed by atoms with Crippen molar-refractivity contribution in [3.05, 3.63) is 70.5 Å². The largest absolute Gasteiger partial charge is 0.459 e. The Morgan fingerprint density at radius 1 is 1.39 bits per heavy atom. The van der Waals surface area contributed by atoms with Crippen molar-refractivity contribution in [2.45, 2.75) is 24.9 Å². The summed E-state index contributed by atoms with van der Waals surface area (Å²) < 4.78 is 12.1. The number of H-pyrrole nitrogens is 1. The predicted octanol–water partition coefficient (Wildman–Crippen LogP) is 0.555. The molecule has 12 heteroatoms. The van der Waals surface area contributed by atoms with Gasteiger partial charge in [0.15, 0.2) is 0 Å². The highest BCUT2D eigenvalue weighted by atomic mass is 127. The first kappa shape index (κ1) is 20.2. The number of aromatic nitrogens is 2. The number of nitrogens with zero attached hydrogens (tertiary/aromatic N) is 2. The zero-order valence-corrected chi connectivity index (χ0v) is 16.3. The highest BCUT2D eigenvalue weighted by Crippen LogP contribution is 2.28. The minimum absolute atomic E-state index is 0.0712. The molecule has 0 spiro atoms. The van der Waals surface area contributed by atoms with Crippen LogP contribution in [-0.2, 0) is 9.47 Å². The van der Waals surface area contributed by atoms with Crippen LogP contribution >= 0.6 is 22.6 Å². The van der Waals surface area contributed by atoms with E-state index >= 15 is 0 Å². The van der Waals surface area contributed by atoms with E-state index in [1.165, 1.54) is 30.5 Å². The highest BCUT2D eigenvalue weighted by Gasteiger charge is 2.36. The maximum Gasteiger partial charge on any atom is 0.338 e. The number of aromatic amines is 1. The van der Waals surface area contributed by atoms with Gasteiger partial charge < -0.3 is 14.6 Å². The summed E-state index contributed by atoms with van der Waals surface area (Å²) in [6.07, 6.45) is -1.29. The summed E-state index contributed by atoms with van der Waals surface area (Å²) in [4.78, 5) is 47.6. The molecule has 1 saturated heterocycles. The lowest BCUT2D eigenvalue weighted by atomic mass is 10.2. The molecule has 1 fully saturated rings.